The second-order valence-corrected chi connectivity index (χ2v) is 8.28. The summed E-state index contributed by atoms with van der Waals surface area (Å²) < 4.78 is 1.71. The predicted octanol–water partition coefficient (Wildman–Crippen LogP) is 5.16. The van der Waals surface area contributed by atoms with Crippen LogP contribution in [0.5, 0.6) is 0 Å². The number of halogens is 2. The molecule has 11 heteroatoms. The number of carbonyl (C=O) groups is 1. The largest absolute Gasteiger partial charge is 0.339 e. The molecule has 3 heterocycles. The highest BCUT2D eigenvalue weighted by atomic mass is 35.5. The molecule has 8 nitrogen and oxygen atoms in total. The normalized spacial score (nSPS) is 11.0. The molecule has 0 aliphatic carbocycles. The fraction of sp³-hybridized carbons (Fsp3) is 0.158. The molecule has 0 fully saturated rings. The number of pyridine rings is 1. The number of aryl methyl sites for hydroxylation is 3. The fourth-order valence-corrected chi connectivity index (χ4v) is 4.13. The third-order valence-corrected chi connectivity index (χ3v) is 6.01. The van der Waals surface area contributed by atoms with Gasteiger partial charge in [-0.15, -0.1) is 11.3 Å². The number of urea groups is 1. The second-order valence-electron chi connectivity index (χ2n) is 6.60. The minimum absolute atomic E-state index is 0.419. The van der Waals surface area contributed by atoms with Gasteiger partial charge in [-0.1, -0.05) is 29.3 Å². The molecule has 0 atom stereocenters. The summed E-state index contributed by atoms with van der Waals surface area (Å²) in [4.78, 5) is 21.2. The number of hydrogen-bond acceptors (Lipinski definition) is 6. The van der Waals surface area contributed by atoms with Crippen LogP contribution >= 0.6 is 34.5 Å². The third-order valence-electron chi connectivity index (χ3n) is 4.38. The number of nitrogens with one attached hydrogen (secondary N) is 3. The number of thiazole rings is 1. The topological polar surface area (TPSA) is 96.8 Å². The molecule has 0 aliphatic heterocycles. The van der Waals surface area contributed by atoms with Crippen molar-refractivity contribution in [1.29, 1.82) is 0 Å². The zero-order valence-corrected chi connectivity index (χ0v) is 18.6. The Kier molecular flexibility index (Phi) is 5.50. The van der Waals surface area contributed by atoms with E-state index < -0.39 is 6.03 Å². The lowest BCUT2D eigenvalue weighted by molar-refractivity contribution is 0.253. The van der Waals surface area contributed by atoms with E-state index in [1.54, 1.807) is 22.2 Å². The van der Waals surface area contributed by atoms with E-state index in [1.165, 1.54) is 11.3 Å². The van der Waals surface area contributed by atoms with Crippen molar-refractivity contribution in [2.45, 2.75) is 13.8 Å². The van der Waals surface area contributed by atoms with E-state index in [0.29, 0.717) is 26.7 Å². The first kappa shape index (κ1) is 20.4. The SMILES string of the molecule is Cc1cc(NNC(=O)Nc2csc(-c3ccc(Cl)c(Cl)c3)n2)nc2c1c(C)nn2C. The van der Waals surface area contributed by atoms with Gasteiger partial charge in [0.25, 0.3) is 0 Å². The average molecular weight is 462 g/mol. The summed E-state index contributed by atoms with van der Waals surface area (Å²) in [6.45, 7) is 3.92. The standard InChI is InChI=1S/C19H17Cl2N7OS/c1-9-6-14(22-17-16(9)10(2)27-28(17)3)25-26-19(29)24-15-8-30-18(23-15)11-4-5-12(20)13(21)7-11/h4-8H,1-3H3,(H,22,25)(H2,24,26,29). The highest BCUT2D eigenvalue weighted by Crippen LogP contribution is 2.31. The molecule has 0 bridgehead atoms. The highest BCUT2D eigenvalue weighted by Gasteiger charge is 2.12. The third kappa shape index (κ3) is 4.04. The maximum atomic E-state index is 12.2. The summed E-state index contributed by atoms with van der Waals surface area (Å²) in [5.74, 6) is 0.926. The van der Waals surface area contributed by atoms with E-state index in [-0.39, 0.29) is 0 Å². The van der Waals surface area contributed by atoms with Crippen molar-refractivity contribution >= 4 is 63.2 Å². The van der Waals surface area contributed by atoms with E-state index in [4.69, 9.17) is 23.2 Å². The molecule has 4 aromatic rings. The van der Waals surface area contributed by atoms with Gasteiger partial charge >= 0.3 is 6.03 Å². The number of hydrogen-bond donors (Lipinski definition) is 3. The van der Waals surface area contributed by atoms with Crippen molar-refractivity contribution in [2.24, 2.45) is 7.05 Å². The number of carbonyl (C=O) groups excluding carboxylic acids is 1. The van der Waals surface area contributed by atoms with E-state index >= 15 is 0 Å². The molecule has 2 amide bonds. The molecular weight excluding hydrogens is 445 g/mol. The lowest BCUT2D eigenvalue weighted by Gasteiger charge is -2.09. The molecule has 1 aromatic carbocycles. The molecule has 30 heavy (non-hydrogen) atoms. The Labute approximate surface area is 186 Å². The van der Waals surface area contributed by atoms with Gasteiger partial charge in [0.2, 0.25) is 0 Å². The van der Waals surface area contributed by atoms with Crippen molar-refractivity contribution in [1.82, 2.24) is 25.2 Å². The Morgan fingerprint density at radius 1 is 1.10 bits per heavy atom. The fourth-order valence-electron chi connectivity index (χ4n) is 3.08. The van der Waals surface area contributed by atoms with E-state index in [0.717, 1.165) is 27.9 Å². The second kappa shape index (κ2) is 8.10. The van der Waals surface area contributed by atoms with Crippen LogP contribution in [0.1, 0.15) is 11.3 Å². The van der Waals surface area contributed by atoms with Gasteiger partial charge in [-0.2, -0.15) is 5.10 Å². The molecule has 0 spiro atoms. The molecule has 0 aliphatic rings. The first-order chi connectivity index (χ1) is 14.3. The number of hydrazine groups is 1. The number of aromatic nitrogens is 4. The smallest absolute Gasteiger partial charge is 0.290 e. The van der Waals surface area contributed by atoms with Gasteiger partial charge in [-0.05, 0) is 37.6 Å². The minimum Gasteiger partial charge on any atom is -0.290 e. The van der Waals surface area contributed by atoms with Crippen molar-refractivity contribution < 1.29 is 4.79 Å². The molecule has 3 N–H and O–H groups in total. The zero-order chi connectivity index (χ0) is 21.4. The molecular formula is C19H17Cl2N7OS. The monoisotopic (exact) mass is 461 g/mol. The van der Waals surface area contributed by atoms with Gasteiger partial charge in [0, 0.05) is 23.4 Å². The van der Waals surface area contributed by atoms with Crippen LogP contribution in [0.25, 0.3) is 21.6 Å². The summed E-state index contributed by atoms with van der Waals surface area (Å²) in [6.07, 6.45) is 0. The number of rotatable bonds is 4. The summed E-state index contributed by atoms with van der Waals surface area (Å²) in [6, 6.07) is 6.64. The average Bonchev–Trinajstić information content (AvgIpc) is 3.27. The minimum atomic E-state index is -0.471. The van der Waals surface area contributed by atoms with Gasteiger partial charge in [-0.25, -0.2) is 20.2 Å². The maximum Gasteiger partial charge on any atom is 0.339 e. The Morgan fingerprint density at radius 3 is 2.67 bits per heavy atom. The molecule has 0 saturated carbocycles. The van der Waals surface area contributed by atoms with Crippen LogP contribution in [-0.2, 0) is 7.05 Å². The van der Waals surface area contributed by atoms with Gasteiger partial charge in [0.15, 0.2) is 5.65 Å². The van der Waals surface area contributed by atoms with E-state index in [2.05, 4.69) is 31.2 Å². The number of anilines is 2. The number of fused-ring (bicyclic) bond motifs is 1. The Hall–Kier alpha value is -2.88. The van der Waals surface area contributed by atoms with Crippen molar-refractivity contribution in [3.05, 3.63) is 50.9 Å². The van der Waals surface area contributed by atoms with E-state index in [9.17, 15) is 4.79 Å². The Balaban J connectivity index is 1.42. The number of nitrogens with zero attached hydrogens (tertiary/aromatic N) is 4. The highest BCUT2D eigenvalue weighted by molar-refractivity contribution is 7.13. The number of benzene rings is 1. The molecule has 4 rings (SSSR count). The maximum absolute atomic E-state index is 12.2. The van der Waals surface area contributed by atoms with Crippen molar-refractivity contribution in [3.63, 3.8) is 0 Å². The van der Waals surface area contributed by atoms with E-state index in [1.807, 2.05) is 33.0 Å². The van der Waals surface area contributed by atoms with Crippen molar-refractivity contribution in [3.8, 4) is 10.6 Å². The first-order valence-corrected chi connectivity index (χ1v) is 10.5. The van der Waals surface area contributed by atoms with Crippen LogP contribution < -0.4 is 16.2 Å². The Bertz CT molecular complexity index is 1270. The van der Waals surface area contributed by atoms with Crippen LogP contribution in [0.15, 0.2) is 29.6 Å². The van der Waals surface area contributed by atoms with Crippen LogP contribution in [0.4, 0.5) is 16.4 Å². The first-order valence-electron chi connectivity index (χ1n) is 8.86. The lowest BCUT2D eigenvalue weighted by Crippen LogP contribution is -2.34. The van der Waals surface area contributed by atoms with Crippen LogP contribution in [0.3, 0.4) is 0 Å². The van der Waals surface area contributed by atoms with Crippen LogP contribution in [0, 0.1) is 13.8 Å². The summed E-state index contributed by atoms with van der Waals surface area (Å²) in [5, 5.41) is 11.4. The number of amides is 2. The molecule has 154 valence electrons. The van der Waals surface area contributed by atoms with Crippen LogP contribution in [-0.4, -0.2) is 25.8 Å². The summed E-state index contributed by atoms with van der Waals surface area (Å²) in [7, 11) is 1.83. The van der Waals surface area contributed by atoms with Gasteiger partial charge in [0.05, 0.1) is 15.7 Å². The Morgan fingerprint density at radius 2 is 1.90 bits per heavy atom. The molecule has 0 radical (unpaired) electrons. The van der Waals surface area contributed by atoms with Gasteiger partial charge < -0.3 is 0 Å². The van der Waals surface area contributed by atoms with Crippen molar-refractivity contribution in [2.75, 3.05) is 10.7 Å². The van der Waals surface area contributed by atoms with Gasteiger partial charge in [0.1, 0.15) is 16.6 Å². The molecule has 3 aromatic heterocycles. The summed E-state index contributed by atoms with van der Waals surface area (Å²) >= 11 is 13.4. The molecule has 0 unspecified atom stereocenters. The zero-order valence-electron chi connectivity index (χ0n) is 16.2. The van der Waals surface area contributed by atoms with Crippen LogP contribution in [0.2, 0.25) is 10.0 Å². The quantitative estimate of drug-likeness (QED) is 0.364. The predicted molar refractivity (Wildman–Crippen MR) is 121 cm³/mol. The molecule has 0 saturated heterocycles. The van der Waals surface area contributed by atoms with Gasteiger partial charge in [-0.3, -0.25) is 15.4 Å². The lowest BCUT2D eigenvalue weighted by atomic mass is 10.1. The summed E-state index contributed by atoms with van der Waals surface area (Å²) in [5.41, 5.74) is 8.87.